The van der Waals surface area contributed by atoms with Gasteiger partial charge in [0.1, 0.15) is 28.7 Å². The number of carbonyl (C=O) groups is 1. The maximum atomic E-state index is 13.6. The van der Waals surface area contributed by atoms with Crippen LogP contribution in [0.5, 0.6) is 0 Å². The van der Waals surface area contributed by atoms with Crippen molar-refractivity contribution in [2.45, 2.75) is 11.0 Å². The first-order valence-electron chi connectivity index (χ1n) is 6.86. The molecule has 1 aliphatic rings. The summed E-state index contributed by atoms with van der Waals surface area (Å²) in [5.74, 6) is -2.71. The normalized spacial score (nSPS) is 15.5. The first-order chi connectivity index (χ1) is 10.9. The van der Waals surface area contributed by atoms with E-state index in [0.29, 0.717) is 5.76 Å². The highest BCUT2D eigenvalue weighted by atomic mass is 32.2. The van der Waals surface area contributed by atoms with Crippen LogP contribution in [0.2, 0.25) is 0 Å². The topological polar surface area (TPSA) is 67.6 Å². The minimum Gasteiger partial charge on any atom is -0.468 e. The molecule has 3 rings (SSSR count). The van der Waals surface area contributed by atoms with E-state index in [1.54, 1.807) is 12.1 Å². The Balaban J connectivity index is 1.68. The minimum absolute atomic E-state index is 0.0876. The standard InChI is InChI=1S/C15H13F2NO4S/c16-12-4-1-5-13(17)14(12)15(19)18-7-11(8-18)23(20,21)9-10-3-2-6-22-10/h1-6,11H,7-9H2. The van der Waals surface area contributed by atoms with Crippen LogP contribution in [-0.2, 0) is 15.6 Å². The molecule has 8 heteroatoms. The summed E-state index contributed by atoms with van der Waals surface area (Å²) < 4.78 is 56.5. The Morgan fingerprint density at radius 1 is 1.17 bits per heavy atom. The molecule has 122 valence electrons. The van der Waals surface area contributed by atoms with Crippen LogP contribution in [0.15, 0.2) is 41.0 Å². The van der Waals surface area contributed by atoms with Gasteiger partial charge < -0.3 is 9.32 Å². The molecule has 0 saturated carbocycles. The smallest absolute Gasteiger partial charge is 0.259 e. The number of likely N-dealkylation sites (tertiary alicyclic amines) is 1. The predicted molar refractivity (Wildman–Crippen MR) is 77.4 cm³/mol. The second-order valence-electron chi connectivity index (χ2n) is 5.32. The van der Waals surface area contributed by atoms with Crippen molar-refractivity contribution in [1.82, 2.24) is 4.90 Å². The van der Waals surface area contributed by atoms with Crippen LogP contribution in [0, 0.1) is 11.6 Å². The van der Waals surface area contributed by atoms with Crippen molar-refractivity contribution in [1.29, 1.82) is 0 Å². The third-order valence-electron chi connectivity index (χ3n) is 3.74. The third-order valence-corrected chi connectivity index (χ3v) is 5.74. The van der Waals surface area contributed by atoms with E-state index in [2.05, 4.69) is 0 Å². The summed E-state index contributed by atoms with van der Waals surface area (Å²) in [5.41, 5.74) is -0.658. The number of furan rings is 1. The number of sulfone groups is 1. The van der Waals surface area contributed by atoms with Gasteiger partial charge in [-0.15, -0.1) is 0 Å². The van der Waals surface area contributed by atoms with Gasteiger partial charge >= 0.3 is 0 Å². The molecule has 1 aliphatic heterocycles. The lowest BCUT2D eigenvalue weighted by Crippen LogP contribution is -2.57. The lowest BCUT2D eigenvalue weighted by molar-refractivity contribution is 0.0648. The van der Waals surface area contributed by atoms with Crippen LogP contribution in [0.3, 0.4) is 0 Å². The fourth-order valence-corrected chi connectivity index (χ4v) is 4.01. The Morgan fingerprint density at radius 2 is 1.83 bits per heavy atom. The van der Waals surface area contributed by atoms with Crippen LogP contribution in [0.25, 0.3) is 0 Å². The summed E-state index contributed by atoms with van der Waals surface area (Å²) in [6, 6.07) is 6.27. The van der Waals surface area contributed by atoms with Crippen LogP contribution < -0.4 is 0 Å². The molecule has 2 heterocycles. The summed E-state index contributed by atoms with van der Waals surface area (Å²) in [7, 11) is -3.49. The average Bonchev–Trinajstić information content (AvgIpc) is 2.88. The summed E-state index contributed by atoms with van der Waals surface area (Å²) >= 11 is 0. The second kappa shape index (κ2) is 5.77. The maximum Gasteiger partial charge on any atom is 0.259 e. The fraction of sp³-hybridized carbons (Fsp3) is 0.267. The molecular formula is C15H13F2NO4S. The molecule has 0 bridgehead atoms. The zero-order valence-corrected chi connectivity index (χ0v) is 12.7. The van der Waals surface area contributed by atoms with Gasteiger partial charge in [0.2, 0.25) is 0 Å². The highest BCUT2D eigenvalue weighted by molar-refractivity contribution is 7.91. The number of hydrogen-bond acceptors (Lipinski definition) is 4. The molecule has 1 aromatic heterocycles. The maximum absolute atomic E-state index is 13.6. The summed E-state index contributed by atoms with van der Waals surface area (Å²) in [4.78, 5) is 13.2. The quantitative estimate of drug-likeness (QED) is 0.853. The van der Waals surface area contributed by atoms with E-state index in [4.69, 9.17) is 4.42 Å². The third kappa shape index (κ3) is 2.98. The zero-order chi connectivity index (χ0) is 16.6. The van der Waals surface area contributed by atoms with Crippen LogP contribution >= 0.6 is 0 Å². The van der Waals surface area contributed by atoms with E-state index in [9.17, 15) is 22.0 Å². The zero-order valence-electron chi connectivity index (χ0n) is 11.9. The van der Waals surface area contributed by atoms with Crippen LogP contribution in [0.1, 0.15) is 16.1 Å². The van der Waals surface area contributed by atoms with E-state index in [1.807, 2.05) is 0 Å². The predicted octanol–water partition coefficient (Wildman–Crippen LogP) is 2.00. The number of benzene rings is 1. The lowest BCUT2D eigenvalue weighted by atomic mass is 10.1. The van der Waals surface area contributed by atoms with Crippen LogP contribution in [-0.4, -0.2) is 37.6 Å². The Kier molecular flexibility index (Phi) is 3.93. The van der Waals surface area contributed by atoms with Crippen LogP contribution in [0.4, 0.5) is 8.78 Å². The van der Waals surface area contributed by atoms with Crippen molar-refractivity contribution in [2.75, 3.05) is 13.1 Å². The monoisotopic (exact) mass is 341 g/mol. The molecule has 1 aromatic carbocycles. The molecule has 5 nitrogen and oxygen atoms in total. The Bertz CT molecular complexity index is 807. The largest absolute Gasteiger partial charge is 0.468 e. The number of rotatable bonds is 4. The van der Waals surface area contributed by atoms with Crippen molar-refractivity contribution in [2.24, 2.45) is 0 Å². The fourth-order valence-electron chi connectivity index (χ4n) is 2.40. The number of amides is 1. The summed E-state index contributed by atoms with van der Waals surface area (Å²) in [5, 5.41) is -0.758. The molecule has 0 atom stereocenters. The van der Waals surface area contributed by atoms with Gasteiger partial charge in [0.15, 0.2) is 9.84 Å². The van der Waals surface area contributed by atoms with Gasteiger partial charge in [-0.3, -0.25) is 4.79 Å². The first kappa shape index (κ1) is 15.7. The molecule has 0 aliphatic carbocycles. The molecule has 0 unspecified atom stereocenters. The van der Waals surface area contributed by atoms with Gasteiger partial charge in [0.25, 0.3) is 5.91 Å². The van der Waals surface area contributed by atoms with Crippen molar-refractivity contribution in [3.05, 3.63) is 59.6 Å². The van der Waals surface area contributed by atoms with E-state index in [1.165, 1.54) is 6.26 Å². The highest BCUT2D eigenvalue weighted by Gasteiger charge is 2.41. The van der Waals surface area contributed by atoms with Gasteiger partial charge in [0.05, 0.1) is 11.5 Å². The van der Waals surface area contributed by atoms with Crippen molar-refractivity contribution in [3.8, 4) is 0 Å². The minimum atomic E-state index is -3.49. The first-order valence-corrected chi connectivity index (χ1v) is 8.57. The molecule has 0 N–H and O–H groups in total. The van der Waals surface area contributed by atoms with Crippen molar-refractivity contribution in [3.63, 3.8) is 0 Å². The van der Waals surface area contributed by atoms with Gasteiger partial charge in [0, 0.05) is 13.1 Å². The van der Waals surface area contributed by atoms with E-state index < -0.39 is 38.2 Å². The molecule has 0 spiro atoms. The van der Waals surface area contributed by atoms with Gasteiger partial charge in [-0.1, -0.05) is 6.07 Å². The highest BCUT2D eigenvalue weighted by Crippen LogP contribution is 2.24. The Hall–Kier alpha value is -2.22. The van der Waals surface area contributed by atoms with E-state index in [0.717, 1.165) is 23.1 Å². The molecule has 1 saturated heterocycles. The van der Waals surface area contributed by atoms with Gasteiger partial charge in [-0.25, -0.2) is 17.2 Å². The number of carbonyl (C=O) groups excluding carboxylic acids is 1. The number of nitrogens with zero attached hydrogens (tertiary/aromatic N) is 1. The van der Waals surface area contributed by atoms with E-state index in [-0.39, 0.29) is 18.8 Å². The van der Waals surface area contributed by atoms with Crippen molar-refractivity contribution >= 4 is 15.7 Å². The number of halogens is 2. The van der Waals surface area contributed by atoms with E-state index >= 15 is 0 Å². The Labute approximate surface area is 131 Å². The molecule has 0 radical (unpaired) electrons. The van der Waals surface area contributed by atoms with Gasteiger partial charge in [-0.2, -0.15) is 0 Å². The average molecular weight is 341 g/mol. The second-order valence-corrected chi connectivity index (χ2v) is 7.60. The molecular weight excluding hydrogens is 328 g/mol. The Morgan fingerprint density at radius 3 is 2.39 bits per heavy atom. The SMILES string of the molecule is O=C(c1c(F)cccc1F)N1CC(S(=O)(=O)Cc2ccco2)C1. The molecule has 1 fully saturated rings. The summed E-state index contributed by atoms with van der Waals surface area (Å²) in [6.45, 7) is -0.175. The van der Waals surface area contributed by atoms with Gasteiger partial charge in [-0.05, 0) is 24.3 Å². The molecule has 2 aromatic rings. The lowest BCUT2D eigenvalue weighted by Gasteiger charge is -2.38. The number of hydrogen-bond donors (Lipinski definition) is 0. The summed E-state index contributed by atoms with van der Waals surface area (Å²) in [6.07, 6.45) is 1.38. The molecule has 23 heavy (non-hydrogen) atoms. The van der Waals surface area contributed by atoms with Crippen molar-refractivity contribution < 1.29 is 26.4 Å². The molecule has 1 amide bonds.